The fraction of sp³-hybridized carbons (Fsp3) is 0.333. The molecule has 1 saturated carbocycles. The summed E-state index contributed by atoms with van der Waals surface area (Å²) in [7, 11) is 0. The smallest absolute Gasteiger partial charge is 0.233 e. The Morgan fingerprint density at radius 2 is 2.13 bits per heavy atom. The van der Waals surface area contributed by atoms with Gasteiger partial charge in [-0.15, -0.1) is 0 Å². The summed E-state index contributed by atoms with van der Waals surface area (Å²) in [6.45, 7) is 3.05. The van der Waals surface area contributed by atoms with Gasteiger partial charge in [0.05, 0.1) is 5.69 Å². The van der Waals surface area contributed by atoms with Gasteiger partial charge in [0.1, 0.15) is 0 Å². The second-order valence-electron chi connectivity index (χ2n) is 6.35. The molecular formula is C18H19ClN4. The highest BCUT2D eigenvalue weighted by atomic mass is 35.5. The normalized spacial score (nSPS) is 21.5. The molecule has 5 heteroatoms. The molecule has 0 radical (unpaired) electrons. The van der Waals surface area contributed by atoms with Gasteiger partial charge in [-0.2, -0.15) is 0 Å². The number of benzene rings is 1. The van der Waals surface area contributed by atoms with Crippen LogP contribution in [0.15, 0.2) is 48.9 Å². The van der Waals surface area contributed by atoms with Crippen molar-refractivity contribution in [3.05, 3.63) is 65.2 Å². The Kier molecular flexibility index (Phi) is 3.79. The lowest BCUT2D eigenvalue weighted by Crippen LogP contribution is -2.23. The van der Waals surface area contributed by atoms with E-state index in [2.05, 4.69) is 34.3 Å². The van der Waals surface area contributed by atoms with Crippen molar-refractivity contribution >= 4 is 17.4 Å². The van der Waals surface area contributed by atoms with Crippen LogP contribution in [0.3, 0.4) is 0 Å². The molecule has 3 atom stereocenters. The van der Waals surface area contributed by atoms with Crippen molar-refractivity contribution in [3.8, 4) is 0 Å². The number of nitrogens with zero attached hydrogens (tertiary/aromatic N) is 3. The zero-order chi connectivity index (χ0) is 15.8. The van der Waals surface area contributed by atoms with Crippen LogP contribution >= 0.6 is 11.6 Å². The first-order valence-electron chi connectivity index (χ1n) is 7.98. The highest BCUT2D eigenvalue weighted by Crippen LogP contribution is 2.47. The van der Waals surface area contributed by atoms with Crippen molar-refractivity contribution in [2.45, 2.75) is 25.9 Å². The third-order valence-corrected chi connectivity index (χ3v) is 4.87. The van der Waals surface area contributed by atoms with Crippen molar-refractivity contribution < 1.29 is 0 Å². The predicted molar refractivity (Wildman–Crippen MR) is 91.3 cm³/mol. The van der Waals surface area contributed by atoms with Crippen LogP contribution < -0.4 is 5.32 Å². The second kappa shape index (κ2) is 5.95. The molecule has 1 aliphatic rings. The monoisotopic (exact) mass is 326 g/mol. The van der Waals surface area contributed by atoms with Crippen LogP contribution in [0, 0.1) is 11.8 Å². The Morgan fingerprint density at radius 1 is 1.35 bits per heavy atom. The average Bonchev–Trinajstić information content (AvgIpc) is 3.12. The molecule has 0 saturated heterocycles. The van der Waals surface area contributed by atoms with Gasteiger partial charge in [0.15, 0.2) is 0 Å². The third kappa shape index (κ3) is 3.09. The Bertz CT molecular complexity index is 778. The van der Waals surface area contributed by atoms with Gasteiger partial charge in [0.2, 0.25) is 5.78 Å². The van der Waals surface area contributed by atoms with E-state index in [0.717, 1.165) is 29.0 Å². The maximum Gasteiger partial charge on any atom is 0.233 e. The number of imidazole rings is 1. The zero-order valence-electron chi connectivity index (χ0n) is 13.0. The van der Waals surface area contributed by atoms with Gasteiger partial charge >= 0.3 is 0 Å². The first kappa shape index (κ1) is 14.7. The van der Waals surface area contributed by atoms with Crippen LogP contribution in [0.1, 0.15) is 30.6 Å². The van der Waals surface area contributed by atoms with Crippen molar-refractivity contribution in [1.82, 2.24) is 19.7 Å². The molecular weight excluding hydrogens is 308 g/mol. The van der Waals surface area contributed by atoms with Gasteiger partial charge in [-0.1, -0.05) is 30.7 Å². The molecule has 1 N–H and O–H groups in total. The Hall–Kier alpha value is -1.91. The fourth-order valence-electron chi connectivity index (χ4n) is 3.18. The van der Waals surface area contributed by atoms with Crippen LogP contribution in [0.2, 0.25) is 5.02 Å². The quantitative estimate of drug-likeness (QED) is 0.774. The van der Waals surface area contributed by atoms with Crippen LogP contribution in [0.25, 0.3) is 5.78 Å². The minimum atomic E-state index is 0.347. The topological polar surface area (TPSA) is 42.2 Å². The molecule has 2 aromatic heterocycles. The molecule has 1 aliphatic carbocycles. The summed E-state index contributed by atoms with van der Waals surface area (Å²) in [5.41, 5.74) is 2.31. The average molecular weight is 327 g/mol. The molecule has 1 fully saturated rings. The molecule has 4 rings (SSSR count). The molecule has 3 aromatic rings. The summed E-state index contributed by atoms with van der Waals surface area (Å²) >= 11 is 6.02. The van der Waals surface area contributed by atoms with E-state index in [1.807, 2.05) is 35.0 Å². The number of fused-ring (bicyclic) bond motifs is 1. The number of aromatic nitrogens is 3. The van der Waals surface area contributed by atoms with Gasteiger partial charge in [-0.05, 0) is 42.0 Å². The summed E-state index contributed by atoms with van der Waals surface area (Å²) < 4.78 is 1.95. The third-order valence-electron chi connectivity index (χ3n) is 4.62. The number of rotatable bonds is 5. The van der Waals surface area contributed by atoms with E-state index in [1.165, 1.54) is 12.0 Å². The highest BCUT2D eigenvalue weighted by Gasteiger charge is 2.39. The van der Waals surface area contributed by atoms with Gasteiger partial charge in [0.25, 0.3) is 0 Å². The summed E-state index contributed by atoms with van der Waals surface area (Å²) in [6.07, 6.45) is 7.04. The maximum absolute atomic E-state index is 6.02. The molecule has 0 bridgehead atoms. The van der Waals surface area contributed by atoms with E-state index < -0.39 is 0 Å². The standard InChI is InChI=1S/C18H19ClN4/c1-12-9-16(12)17(13-3-5-14(19)6-4-13)21-10-15-11-23-8-2-7-20-18(23)22-15/h2-8,11-12,16-17,21H,9-10H2,1H3/t12-,16-,17-/m1/s1. The Balaban J connectivity index is 1.52. The van der Waals surface area contributed by atoms with Gasteiger partial charge < -0.3 is 5.32 Å². The first-order chi connectivity index (χ1) is 11.2. The molecule has 23 heavy (non-hydrogen) atoms. The number of hydrogen-bond donors (Lipinski definition) is 1. The predicted octanol–water partition coefficient (Wildman–Crippen LogP) is 3.87. The van der Waals surface area contributed by atoms with E-state index in [-0.39, 0.29) is 0 Å². The van der Waals surface area contributed by atoms with Gasteiger partial charge in [-0.25, -0.2) is 9.97 Å². The largest absolute Gasteiger partial charge is 0.304 e. The molecule has 2 heterocycles. The minimum absolute atomic E-state index is 0.347. The number of hydrogen-bond acceptors (Lipinski definition) is 3. The molecule has 0 spiro atoms. The van der Waals surface area contributed by atoms with Crippen LogP contribution in [0.5, 0.6) is 0 Å². The summed E-state index contributed by atoms with van der Waals surface area (Å²) in [4.78, 5) is 8.83. The van der Waals surface area contributed by atoms with Crippen molar-refractivity contribution in [2.75, 3.05) is 0 Å². The molecule has 4 nitrogen and oxygen atoms in total. The summed E-state index contributed by atoms with van der Waals surface area (Å²) in [5.74, 6) is 2.20. The second-order valence-corrected chi connectivity index (χ2v) is 6.78. The van der Waals surface area contributed by atoms with Crippen LogP contribution in [0.4, 0.5) is 0 Å². The zero-order valence-corrected chi connectivity index (χ0v) is 13.7. The van der Waals surface area contributed by atoms with E-state index in [0.29, 0.717) is 12.0 Å². The summed E-state index contributed by atoms with van der Waals surface area (Å²) in [5, 5.41) is 4.46. The Morgan fingerprint density at radius 3 is 2.83 bits per heavy atom. The summed E-state index contributed by atoms with van der Waals surface area (Å²) in [6, 6.07) is 10.4. The minimum Gasteiger partial charge on any atom is -0.304 e. The molecule has 118 valence electrons. The van der Waals surface area contributed by atoms with Crippen LogP contribution in [-0.2, 0) is 6.54 Å². The van der Waals surface area contributed by atoms with Crippen LogP contribution in [-0.4, -0.2) is 14.4 Å². The van der Waals surface area contributed by atoms with Gasteiger partial charge in [0, 0.05) is 36.2 Å². The van der Waals surface area contributed by atoms with Crippen molar-refractivity contribution in [1.29, 1.82) is 0 Å². The molecule has 1 aromatic carbocycles. The first-order valence-corrected chi connectivity index (χ1v) is 8.36. The van der Waals surface area contributed by atoms with Crippen molar-refractivity contribution in [2.24, 2.45) is 11.8 Å². The number of nitrogens with one attached hydrogen (secondary N) is 1. The molecule has 0 aliphatic heterocycles. The lowest BCUT2D eigenvalue weighted by atomic mass is 10.0. The highest BCUT2D eigenvalue weighted by molar-refractivity contribution is 6.30. The van der Waals surface area contributed by atoms with E-state index in [1.54, 1.807) is 6.20 Å². The lowest BCUT2D eigenvalue weighted by molar-refractivity contribution is 0.459. The SMILES string of the molecule is C[C@@H]1C[C@H]1[C@H](NCc1cn2cccnc2n1)c1ccc(Cl)cc1. The molecule has 0 amide bonds. The number of halogens is 1. The van der Waals surface area contributed by atoms with E-state index >= 15 is 0 Å². The Labute approximate surface area is 140 Å². The van der Waals surface area contributed by atoms with Gasteiger partial charge in [-0.3, -0.25) is 4.40 Å². The lowest BCUT2D eigenvalue weighted by Gasteiger charge is -2.19. The van der Waals surface area contributed by atoms with Crippen molar-refractivity contribution in [3.63, 3.8) is 0 Å². The van der Waals surface area contributed by atoms with E-state index in [4.69, 9.17) is 11.6 Å². The molecule has 0 unspecified atom stereocenters. The maximum atomic E-state index is 6.02. The van der Waals surface area contributed by atoms with E-state index in [9.17, 15) is 0 Å². The fourth-order valence-corrected chi connectivity index (χ4v) is 3.31.